The minimum absolute atomic E-state index is 0.135. The Hall–Kier alpha value is -0.0800. The summed E-state index contributed by atoms with van der Waals surface area (Å²) in [5.74, 6) is 0. The van der Waals surface area contributed by atoms with Gasteiger partial charge in [-0.2, -0.15) is 0 Å². The highest BCUT2D eigenvalue weighted by molar-refractivity contribution is 4.59. The van der Waals surface area contributed by atoms with Crippen molar-refractivity contribution < 1.29 is 4.74 Å². The first kappa shape index (κ1) is 8.92. The molecule has 0 fully saturated rings. The van der Waals surface area contributed by atoms with Crippen molar-refractivity contribution in [2.75, 3.05) is 6.61 Å². The van der Waals surface area contributed by atoms with Gasteiger partial charge in [-0.15, -0.1) is 0 Å². The molecular formula is C7H17NO. The summed E-state index contributed by atoms with van der Waals surface area (Å²) in [6.07, 6.45) is -0.135. The Morgan fingerprint density at radius 3 is 2.00 bits per heavy atom. The van der Waals surface area contributed by atoms with Crippen molar-refractivity contribution in [2.24, 2.45) is 11.1 Å². The van der Waals surface area contributed by atoms with Crippen molar-refractivity contribution in [2.45, 2.75) is 33.9 Å². The number of hydrogen-bond acceptors (Lipinski definition) is 2. The highest BCUT2D eigenvalue weighted by Gasteiger charge is 2.10. The second-order valence-electron chi connectivity index (χ2n) is 3.58. The first-order valence-electron chi connectivity index (χ1n) is 3.29. The molecule has 9 heavy (non-hydrogen) atoms. The maximum Gasteiger partial charge on any atom is 0.102 e. The Bertz CT molecular complexity index is 73.5. The zero-order valence-electron chi connectivity index (χ0n) is 6.77. The van der Waals surface area contributed by atoms with Crippen LogP contribution in [-0.2, 0) is 4.74 Å². The maximum atomic E-state index is 5.38. The molecule has 56 valence electrons. The lowest BCUT2D eigenvalue weighted by Gasteiger charge is -2.19. The minimum atomic E-state index is -0.135. The van der Waals surface area contributed by atoms with E-state index < -0.39 is 0 Å². The molecule has 0 radical (unpaired) electrons. The topological polar surface area (TPSA) is 35.2 Å². The van der Waals surface area contributed by atoms with Gasteiger partial charge in [0, 0.05) is 0 Å². The van der Waals surface area contributed by atoms with Crippen LogP contribution in [0.5, 0.6) is 0 Å². The number of rotatable bonds is 2. The van der Waals surface area contributed by atoms with Crippen LogP contribution in [0.4, 0.5) is 0 Å². The van der Waals surface area contributed by atoms with Crippen LogP contribution in [0, 0.1) is 5.41 Å². The smallest absolute Gasteiger partial charge is 0.102 e. The van der Waals surface area contributed by atoms with E-state index in [2.05, 4.69) is 20.8 Å². The van der Waals surface area contributed by atoms with E-state index >= 15 is 0 Å². The van der Waals surface area contributed by atoms with Crippen LogP contribution in [0.15, 0.2) is 0 Å². The van der Waals surface area contributed by atoms with E-state index in [9.17, 15) is 0 Å². The fourth-order valence-corrected chi connectivity index (χ4v) is 0.381. The third kappa shape index (κ3) is 7.92. The molecule has 0 rings (SSSR count). The van der Waals surface area contributed by atoms with E-state index in [1.165, 1.54) is 0 Å². The molecule has 0 spiro atoms. The zero-order valence-corrected chi connectivity index (χ0v) is 6.77. The van der Waals surface area contributed by atoms with E-state index in [-0.39, 0.29) is 11.6 Å². The minimum Gasteiger partial charge on any atom is -0.363 e. The maximum absolute atomic E-state index is 5.38. The number of nitrogens with two attached hydrogens (primary N) is 1. The van der Waals surface area contributed by atoms with Crippen LogP contribution in [-0.4, -0.2) is 12.8 Å². The average molecular weight is 131 g/mol. The second kappa shape index (κ2) is 3.18. The van der Waals surface area contributed by atoms with Gasteiger partial charge in [0.25, 0.3) is 0 Å². The first-order chi connectivity index (χ1) is 3.92. The van der Waals surface area contributed by atoms with Crippen LogP contribution in [0.2, 0.25) is 0 Å². The molecule has 0 saturated carbocycles. The largest absolute Gasteiger partial charge is 0.363 e. The molecular weight excluding hydrogens is 114 g/mol. The highest BCUT2D eigenvalue weighted by atomic mass is 16.5. The third-order valence-electron chi connectivity index (χ3n) is 0.779. The van der Waals surface area contributed by atoms with E-state index in [0.29, 0.717) is 0 Å². The van der Waals surface area contributed by atoms with Crippen LogP contribution in [0.1, 0.15) is 27.7 Å². The Labute approximate surface area is 57.4 Å². The predicted molar refractivity (Wildman–Crippen MR) is 39.1 cm³/mol. The molecule has 0 amide bonds. The van der Waals surface area contributed by atoms with E-state index in [1.807, 2.05) is 6.92 Å². The van der Waals surface area contributed by atoms with E-state index in [0.717, 1.165) is 6.61 Å². The van der Waals surface area contributed by atoms with Gasteiger partial charge in [0.2, 0.25) is 0 Å². The van der Waals surface area contributed by atoms with Crippen molar-refractivity contribution in [3.05, 3.63) is 0 Å². The van der Waals surface area contributed by atoms with Crippen LogP contribution in [0.25, 0.3) is 0 Å². The summed E-state index contributed by atoms with van der Waals surface area (Å²) in [4.78, 5) is 0. The average Bonchev–Trinajstić information content (AvgIpc) is 1.59. The highest BCUT2D eigenvalue weighted by Crippen LogP contribution is 2.12. The summed E-state index contributed by atoms with van der Waals surface area (Å²) in [6, 6.07) is 0. The molecule has 2 N–H and O–H groups in total. The van der Waals surface area contributed by atoms with Gasteiger partial charge < -0.3 is 10.5 Å². The summed E-state index contributed by atoms with van der Waals surface area (Å²) in [5.41, 5.74) is 5.61. The van der Waals surface area contributed by atoms with Crippen molar-refractivity contribution in [3.8, 4) is 0 Å². The summed E-state index contributed by atoms with van der Waals surface area (Å²) in [7, 11) is 0. The molecule has 1 atom stereocenters. The summed E-state index contributed by atoms with van der Waals surface area (Å²) < 4.78 is 5.18. The van der Waals surface area contributed by atoms with Gasteiger partial charge in [-0.3, -0.25) is 0 Å². The van der Waals surface area contributed by atoms with Gasteiger partial charge in [0.05, 0.1) is 6.61 Å². The molecule has 0 saturated heterocycles. The fourth-order valence-electron chi connectivity index (χ4n) is 0.381. The van der Waals surface area contributed by atoms with Gasteiger partial charge in [-0.05, 0) is 12.3 Å². The van der Waals surface area contributed by atoms with E-state index in [1.54, 1.807) is 0 Å². The lowest BCUT2D eigenvalue weighted by Crippen LogP contribution is -2.25. The van der Waals surface area contributed by atoms with Gasteiger partial charge >= 0.3 is 0 Å². The molecule has 0 aromatic heterocycles. The Kier molecular flexibility index (Phi) is 3.15. The van der Waals surface area contributed by atoms with Crippen LogP contribution >= 0.6 is 0 Å². The molecule has 1 unspecified atom stereocenters. The molecule has 0 aliphatic carbocycles. The molecule has 0 aliphatic rings. The molecule has 0 aromatic rings. The summed E-state index contributed by atoms with van der Waals surface area (Å²) >= 11 is 0. The SMILES string of the molecule is CC(N)OCC(C)(C)C. The Balaban J connectivity index is 3.28. The van der Waals surface area contributed by atoms with Gasteiger partial charge in [0.15, 0.2) is 0 Å². The van der Waals surface area contributed by atoms with E-state index in [4.69, 9.17) is 10.5 Å². The van der Waals surface area contributed by atoms with Crippen molar-refractivity contribution in [3.63, 3.8) is 0 Å². The predicted octanol–water partition coefficient (Wildman–Crippen LogP) is 1.35. The molecule has 0 aliphatic heterocycles. The molecule has 0 heterocycles. The summed E-state index contributed by atoms with van der Waals surface area (Å²) in [5, 5.41) is 0. The first-order valence-corrected chi connectivity index (χ1v) is 3.29. The van der Waals surface area contributed by atoms with Gasteiger partial charge in [0.1, 0.15) is 6.23 Å². The van der Waals surface area contributed by atoms with Gasteiger partial charge in [-0.25, -0.2) is 0 Å². The molecule has 0 bridgehead atoms. The Morgan fingerprint density at radius 1 is 1.44 bits per heavy atom. The lowest BCUT2D eigenvalue weighted by molar-refractivity contribution is 0.0221. The lowest BCUT2D eigenvalue weighted by atomic mass is 9.99. The number of ether oxygens (including phenoxy) is 1. The number of hydrogen-bond donors (Lipinski definition) is 1. The zero-order chi connectivity index (χ0) is 7.49. The molecule has 2 heteroatoms. The van der Waals surface area contributed by atoms with Crippen molar-refractivity contribution >= 4 is 0 Å². The molecule has 2 nitrogen and oxygen atoms in total. The van der Waals surface area contributed by atoms with Crippen molar-refractivity contribution in [1.29, 1.82) is 0 Å². The Morgan fingerprint density at radius 2 is 1.89 bits per heavy atom. The second-order valence-corrected chi connectivity index (χ2v) is 3.58. The fraction of sp³-hybridized carbons (Fsp3) is 1.00. The van der Waals surface area contributed by atoms with Crippen LogP contribution in [0.3, 0.4) is 0 Å². The third-order valence-corrected chi connectivity index (χ3v) is 0.779. The monoisotopic (exact) mass is 131 g/mol. The normalized spacial score (nSPS) is 15.7. The van der Waals surface area contributed by atoms with Crippen molar-refractivity contribution in [1.82, 2.24) is 0 Å². The van der Waals surface area contributed by atoms with Crippen LogP contribution < -0.4 is 5.73 Å². The molecule has 0 aromatic carbocycles. The van der Waals surface area contributed by atoms with Gasteiger partial charge in [-0.1, -0.05) is 20.8 Å². The quantitative estimate of drug-likeness (QED) is 0.574. The summed E-state index contributed by atoms with van der Waals surface area (Å²) in [6.45, 7) is 8.93. The standard InChI is InChI=1S/C7H17NO/c1-6(8)9-5-7(2,3)4/h6H,5,8H2,1-4H3.